The van der Waals surface area contributed by atoms with Crippen molar-refractivity contribution >= 4 is 0 Å². The lowest BCUT2D eigenvalue weighted by molar-refractivity contribution is 0.594. The number of hydrogen-bond donors (Lipinski definition) is 0. The molecule has 134 valence electrons. The molecule has 3 heteroatoms. The standard InChI is InChI=1S/C25H15F2N/c1-2-18-3-5-19(6-4-18)11-13-22-15-25(27)23(16-24(22)26)14-12-20-7-9-21(17-28)10-8-20/h3-10,15-16H,2H2,1H3. The van der Waals surface area contributed by atoms with Crippen LogP contribution in [-0.2, 0) is 6.42 Å². The van der Waals surface area contributed by atoms with Crippen molar-refractivity contribution in [1.29, 1.82) is 5.26 Å². The highest BCUT2D eigenvalue weighted by atomic mass is 19.1. The van der Waals surface area contributed by atoms with E-state index in [1.165, 1.54) is 5.56 Å². The first-order valence-corrected chi connectivity index (χ1v) is 8.71. The van der Waals surface area contributed by atoms with Gasteiger partial charge in [0.15, 0.2) is 0 Å². The summed E-state index contributed by atoms with van der Waals surface area (Å²) < 4.78 is 28.6. The number of benzene rings is 3. The zero-order valence-electron chi connectivity index (χ0n) is 15.2. The van der Waals surface area contributed by atoms with E-state index in [2.05, 4.69) is 30.6 Å². The van der Waals surface area contributed by atoms with Gasteiger partial charge in [0, 0.05) is 11.1 Å². The van der Waals surface area contributed by atoms with E-state index in [-0.39, 0.29) is 11.1 Å². The summed E-state index contributed by atoms with van der Waals surface area (Å²) in [6, 6.07) is 18.3. The van der Waals surface area contributed by atoms with Gasteiger partial charge in [-0.1, -0.05) is 42.7 Å². The third kappa shape index (κ3) is 4.64. The summed E-state index contributed by atoms with van der Waals surface area (Å²) in [5.74, 6) is 9.66. The smallest absolute Gasteiger partial charge is 0.140 e. The van der Waals surface area contributed by atoms with Crippen LogP contribution >= 0.6 is 0 Å². The Balaban J connectivity index is 1.84. The van der Waals surface area contributed by atoms with Crippen LogP contribution in [0.2, 0.25) is 0 Å². The van der Waals surface area contributed by atoms with Gasteiger partial charge in [-0.25, -0.2) is 8.78 Å². The molecule has 28 heavy (non-hydrogen) atoms. The Morgan fingerprint density at radius 3 is 1.54 bits per heavy atom. The van der Waals surface area contributed by atoms with Crippen LogP contribution in [0.3, 0.4) is 0 Å². The number of aryl methyl sites for hydroxylation is 1. The van der Waals surface area contributed by atoms with Gasteiger partial charge < -0.3 is 0 Å². The molecule has 0 saturated carbocycles. The monoisotopic (exact) mass is 367 g/mol. The second kappa shape index (κ2) is 8.68. The minimum Gasteiger partial charge on any atom is -0.206 e. The lowest BCUT2D eigenvalue weighted by Gasteiger charge is -1.99. The van der Waals surface area contributed by atoms with E-state index in [1.54, 1.807) is 24.3 Å². The van der Waals surface area contributed by atoms with Crippen molar-refractivity contribution < 1.29 is 8.78 Å². The molecule has 3 aromatic rings. The highest BCUT2D eigenvalue weighted by Gasteiger charge is 2.07. The molecule has 0 spiro atoms. The second-order valence-corrected chi connectivity index (χ2v) is 6.05. The van der Waals surface area contributed by atoms with Gasteiger partial charge in [-0.05, 0) is 60.5 Å². The van der Waals surface area contributed by atoms with Crippen LogP contribution in [0.15, 0.2) is 60.7 Å². The molecular weight excluding hydrogens is 352 g/mol. The number of nitrogens with zero attached hydrogens (tertiary/aromatic N) is 1. The SMILES string of the molecule is CCc1ccc(C#Cc2cc(F)c(C#Cc3ccc(C#N)cc3)cc2F)cc1. The van der Waals surface area contributed by atoms with E-state index in [0.29, 0.717) is 11.1 Å². The molecule has 0 unspecified atom stereocenters. The van der Waals surface area contributed by atoms with E-state index in [0.717, 1.165) is 24.1 Å². The van der Waals surface area contributed by atoms with Crippen molar-refractivity contribution in [3.05, 3.63) is 106 Å². The third-order valence-electron chi connectivity index (χ3n) is 4.12. The maximum Gasteiger partial charge on any atom is 0.140 e. The van der Waals surface area contributed by atoms with Gasteiger partial charge in [-0.15, -0.1) is 0 Å². The summed E-state index contributed by atoms with van der Waals surface area (Å²) in [5.41, 5.74) is 2.99. The predicted octanol–water partition coefficient (Wildman–Crippen LogP) is 5.20. The van der Waals surface area contributed by atoms with Gasteiger partial charge in [0.25, 0.3) is 0 Å². The molecule has 0 radical (unpaired) electrons. The fourth-order valence-electron chi connectivity index (χ4n) is 2.47. The minimum absolute atomic E-state index is 0.0130. The van der Waals surface area contributed by atoms with Crippen LogP contribution in [0.1, 0.15) is 40.3 Å². The Bertz CT molecular complexity index is 1160. The van der Waals surface area contributed by atoms with Crippen LogP contribution in [0.25, 0.3) is 0 Å². The summed E-state index contributed by atoms with van der Waals surface area (Å²) in [6.07, 6.45) is 0.929. The summed E-state index contributed by atoms with van der Waals surface area (Å²) in [6.45, 7) is 2.06. The Morgan fingerprint density at radius 2 is 1.11 bits per heavy atom. The lowest BCUT2D eigenvalue weighted by atomic mass is 10.1. The fourth-order valence-corrected chi connectivity index (χ4v) is 2.47. The first kappa shape index (κ1) is 18.9. The van der Waals surface area contributed by atoms with Gasteiger partial charge in [0.1, 0.15) is 11.6 Å². The molecule has 3 rings (SSSR count). The lowest BCUT2D eigenvalue weighted by Crippen LogP contribution is -1.92. The summed E-state index contributed by atoms with van der Waals surface area (Å²) in [4.78, 5) is 0. The van der Waals surface area contributed by atoms with Crippen LogP contribution in [0.5, 0.6) is 0 Å². The highest BCUT2D eigenvalue weighted by molar-refractivity contribution is 5.50. The van der Waals surface area contributed by atoms with Crippen LogP contribution < -0.4 is 0 Å². The molecule has 0 amide bonds. The molecule has 0 aromatic heterocycles. The fraction of sp³-hybridized carbons (Fsp3) is 0.0800. The molecule has 0 N–H and O–H groups in total. The molecule has 3 aromatic carbocycles. The second-order valence-electron chi connectivity index (χ2n) is 6.05. The minimum atomic E-state index is -0.631. The molecule has 0 aliphatic carbocycles. The van der Waals surface area contributed by atoms with Crippen LogP contribution in [0, 0.1) is 46.6 Å². The van der Waals surface area contributed by atoms with E-state index in [4.69, 9.17) is 5.26 Å². The Labute approximate surface area is 163 Å². The maximum atomic E-state index is 14.3. The first-order chi connectivity index (χ1) is 13.6. The van der Waals surface area contributed by atoms with Crippen molar-refractivity contribution in [2.24, 2.45) is 0 Å². The highest BCUT2D eigenvalue weighted by Crippen LogP contribution is 2.14. The van der Waals surface area contributed by atoms with Crippen molar-refractivity contribution in [3.63, 3.8) is 0 Å². The molecule has 0 saturated heterocycles. The Hall–Kier alpha value is -3.87. The topological polar surface area (TPSA) is 23.8 Å². The molecule has 0 aliphatic heterocycles. The number of hydrogen-bond acceptors (Lipinski definition) is 1. The normalized spacial score (nSPS) is 9.50. The Morgan fingerprint density at radius 1 is 0.679 bits per heavy atom. The van der Waals surface area contributed by atoms with Gasteiger partial charge in [0.2, 0.25) is 0 Å². The van der Waals surface area contributed by atoms with Gasteiger partial charge in [-0.2, -0.15) is 5.26 Å². The molecular formula is C25H15F2N. The number of halogens is 2. The van der Waals surface area contributed by atoms with E-state index >= 15 is 0 Å². The maximum absolute atomic E-state index is 14.3. The predicted molar refractivity (Wildman–Crippen MR) is 105 cm³/mol. The third-order valence-corrected chi connectivity index (χ3v) is 4.12. The molecule has 0 bridgehead atoms. The van der Waals surface area contributed by atoms with Crippen LogP contribution in [-0.4, -0.2) is 0 Å². The average molecular weight is 367 g/mol. The first-order valence-electron chi connectivity index (χ1n) is 8.71. The quantitative estimate of drug-likeness (QED) is 0.543. The van der Waals surface area contributed by atoms with Gasteiger partial charge >= 0.3 is 0 Å². The van der Waals surface area contributed by atoms with E-state index in [1.807, 2.05) is 30.3 Å². The molecule has 0 heterocycles. The zero-order valence-corrected chi connectivity index (χ0v) is 15.2. The van der Waals surface area contributed by atoms with Crippen molar-refractivity contribution in [3.8, 4) is 29.8 Å². The van der Waals surface area contributed by atoms with E-state index < -0.39 is 11.6 Å². The molecule has 0 atom stereocenters. The van der Waals surface area contributed by atoms with Crippen LogP contribution in [0.4, 0.5) is 8.78 Å². The number of nitriles is 1. The van der Waals surface area contributed by atoms with Crippen molar-refractivity contribution in [1.82, 2.24) is 0 Å². The number of rotatable bonds is 1. The molecule has 0 fully saturated rings. The van der Waals surface area contributed by atoms with Gasteiger partial charge in [0.05, 0.1) is 22.8 Å². The van der Waals surface area contributed by atoms with Crippen molar-refractivity contribution in [2.75, 3.05) is 0 Å². The Kier molecular flexibility index (Phi) is 5.86. The van der Waals surface area contributed by atoms with Crippen molar-refractivity contribution in [2.45, 2.75) is 13.3 Å². The van der Waals surface area contributed by atoms with E-state index in [9.17, 15) is 8.78 Å². The van der Waals surface area contributed by atoms with Gasteiger partial charge in [-0.3, -0.25) is 0 Å². The summed E-state index contributed by atoms with van der Waals surface area (Å²) >= 11 is 0. The molecule has 0 aliphatic rings. The summed E-state index contributed by atoms with van der Waals surface area (Å²) in [5, 5.41) is 8.78. The zero-order chi connectivity index (χ0) is 19.9. The largest absolute Gasteiger partial charge is 0.206 e. The molecule has 1 nitrogen and oxygen atoms in total. The average Bonchev–Trinajstić information content (AvgIpc) is 2.73. The summed E-state index contributed by atoms with van der Waals surface area (Å²) in [7, 11) is 0.